The zero-order valence-corrected chi connectivity index (χ0v) is 20.0. The van der Waals surface area contributed by atoms with Gasteiger partial charge in [0.15, 0.2) is 6.61 Å². The normalized spacial score (nSPS) is 11.8. The Hall–Kier alpha value is -2.41. The molecule has 0 bridgehead atoms. The summed E-state index contributed by atoms with van der Waals surface area (Å²) in [7, 11) is 0. The first-order valence-corrected chi connectivity index (χ1v) is 11.3. The van der Waals surface area contributed by atoms with Gasteiger partial charge >= 0.3 is 0 Å². The molecule has 31 heavy (non-hydrogen) atoms. The summed E-state index contributed by atoms with van der Waals surface area (Å²) in [4.78, 5) is 27.4. The van der Waals surface area contributed by atoms with Crippen LogP contribution in [-0.2, 0) is 22.6 Å². The number of aryl methyl sites for hydroxylation is 1. The van der Waals surface area contributed by atoms with Gasteiger partial charge in [0.1, 0.15) is 17.6 Å². The first kappa shape index (κ1) is 24.9. The zero-order valence-electron chi connectivity index (χ0n) is 18.5. The summed E-state index contributed by atoms with van der Waals surface area (Å²) in [6.07, 6.45) is 1.34. The van der Waals surface area contributed by atoms with Gasteiger partial charge in [-0.25, -0.2) is 4.39 Å². The maximum Gasteiger partial charge on any atom is 0.261 e. The Labute approximate surface area is 192 Å². The maximum absolute atomic E-state index is 13.3. The first-order chi connectivity index (χ1) is 14.7. The fraction of sp³-hybridized carbons (Fsp3) is 0.417. The highest BCUT2D eigenvalue weighted by atomic mass is 79.9. The van der Waals surface area contributed by atoms with Gasteiger partial charge in [0.05, 0.1) is 4.47 Å². The Bertz CT molecular complexity index is 887. The molecule has 0 heterocycles. The fourth-order valence-electron chi connectivity index (χ4n) is 3.19. The van der Waals surface area contributed by atoms with E-state index in [1.54, 1.807) is 12.1 Å². The van der Waals surface area contributed by atoms with Crippen molar-refractivity contribution in [2.45, 2.75) is 59.2 Å². The second kappa shape index (κ2) is 11.8. The van der Waals surface area contributed by atoms with E-state index in [1.165, 1.54) is 17.0 Å². The average Bonchev–Trinajstić information content (AvgIpc) is 2.73. The number of benzene rings is 2. The van der Waals surface area contributed by atoms with E-state index in [9.17, 15) is 14.0 Å². The Kier molecular flexibility index (Phi) is 9.49. The van der Waals surface area contributed by atoms with Crippen LogP contribution >= 0.6 is 15.9 Å². The van der Waals surface area contributed by atoms with Crippen molar-refractivity contribution in [1.82, 2.24) is 10.2 Å². The molecule has 0 radical (unpaired) electrons. The fourth-order valence-corrected chi connectivity index (χ4v) is 3.73. The van der Waals surface area contributed by atoms with Crippen molar-refractivity contribution >= 4 is 27.7 Å². The number of hydrogen-bond acceptors (Lipinski definition) is 3. The van der Waals surface area contributed by atoms with Gasteiger partial charge in [0, 0.05) is 12.6 Å². The number of rotatable bonds is 10. The molecule has 168 valence electrons. The van der Waals surface area contributed by atoms with E-state index in [4.69, 9.17) is 4.74 Å². The standard InChI is InChI=1S/C24H30BrFN2O3/c1-5-17-9-12-22(20(25)13-17)31-15-23(29)28(14-18-7-10-19(26)11-8-18)21(6-2)24(30)27-16(3)4/h7-13,16,21H,5-6,14-15H2,1-4H3,(H,27,30)/t21-/m1/s1. The lowest BCUT2D eigenvalue weighted by molar-refractivity contribution is -0.143. The van der Waals surface area contributed by atoms with Crippen molar-refractivity contribution < 1.29 is 18.7 Å². The summed E-state index contributed by atoms with van der Waals surface area (Å²) in [5.74, 6) is -0.329. The molecule has 0 spiro atoms. The number of hydrogen-bond donors (Lipinski definition) is 1. The van der Waals surface area contributed by atoms with Crippen LogP contribution < -0.4 is 10.1 Å². The molecule has 0 unspecified atom stereocenters. The highest BCUT2D eigenvalue weighted by Gasteiger charge is 2.29. The summed E-state index contributed by atoms with van der Waals surface area (Å²) in [5, 5.41) is 2.88. The summed E-state index contributed by atoms with van der Waals surface area (Å²) < 4.78 is 19.8. The van der Waals surface area contributed by atoms with Gasteiger partial charge in [0.2, 0.25) is 5.91 Å². The van der Waals surface area contributed by atoms with E-state index in [2.05, 4.69) is 28.2 Å². The molecule has 0 aliphatic heterocycles. The molecular weight excluding hydrogens is 463 g/mol. The van der Waals surface area contributed by atoms with Gasteiger partial charge in [-0.15, -0.1) is 0 Å². The molecule has 2 amide bonds. The van der Waals surface area contributed by atoms with Gasteiger partial charge in [0.25, 0.3) is 5.91 Å². The molecule has 0 aliphatic rings. The number of halogens is 2. The second-order valence-electron chi connectivity index (χ2n) is 7.64. The van der Waals surface area contributed by atoms with E-state index in [0.29, 0.717) is 12.2 Å². The topological polar surface area (TPSA) is 58.6 Å². The second-order valence-corrected chi connectivity index (χ2v) is 8.50. The van der Waals surface area contributed by atoms with Crippen LogP contribution in [0.3, 0.4) is 0 Å². The third-order valence-electron chi connectivity index (χ3n) is 4.84. The molecule has 2 aromatic carbocycles. The molecule has 0 aliphatic carbocycles. The van der Waals surface area contributed by atoms with Gasteiger partial charge in [-0.05, 0) is 78.0 Å². The lowest BCUT2D eigenvalue weighted by atomic mass is 10.1. The molecule has 1 N–H and O–H groups in total. The quantitative estimate of drug-likeness (QED) is 0.514. The minimum Gasteiger partial charge on any atom is -0.483 e. The molecule has 0 saturated heterocycles. The number of ether oxygens (including phenoxy) is 1. The highest BCUT2D eigenvalue weighted by molar-refractivity contribution is 9.10. The first-order valence-electron chi connectivity index (χ1n) is 10.5. The molecule has 0 saturated carbocycles. The SMILES string of the molecule is CCc1ccc(OCC(=O)N(Cc2ccc(F)cc2)[C@H](CC)C(=O)NC(C)C)c(Br)c1. The van der Waals surface area contributed by atoms with Crippen LogP contribution in [0.1, 0.15) is 45.2 Å². The van der Waals surface area contributed by atoms with Gasteiger partial charge in [-0.3, -0.25) is 9.59 Å². The van der Waals surface area contributed by atoms with E-state index in [1.807, 2.05) is 39.0 Å². The Balaban J connectivity index is 2.21. The number of carbonyl (C=O) groups is 2. The Morgan fingerprint density at radius 3 is 2.29 bits per heavy atom. The minimum absolute atomic E-state index is 0.0476. The predicted octanol–water partition coefficient (Wildman–Crippen LogP) is 4.86. The summed E-state index contributed by atoms with van der Waals surface area (Å²) in [5.41, 5.74) is 1.89. The van der Waals surface area contributed by atoms with Crippen LogP contribution in [0.4, 0.5) is 4.39 Å². The van der Waals surface area contributed by atoms with E-state index in [0.717, 1.165) is 22.0 Å². The van der Waals surface area contributed by atoms with E-state index < -0.39 is 6.04 Å². The van der Waals surface area contributed by atoms with Crippen LogP contribution in [0.2, 0.25) is 0 Å². The summed E-state index contributed by atoms with van der Waals surface area (Å²) >= 11 is 3.48. The highest BCUT2D eigenvalue weighted by Crippen LogP contribution is 2.26. The van der Waals surface area contributed by atoms with Crippen molar-refractivity contribution in [3.63, 3.8) is 0 Å². The van der Waals surface area contributed by atoms with Crippen molar-refractivity contribution in [1.29, 1.82) is 0 Å². The van der Waals surface area contributed by atoms with Crippen molar-refractivity contribution in [2.75, 3.05) is 6.61 Å². The zero-order chi connectivity index (χ0) is 23.0. The third kappa shape index (κ3) is 7.35. The number of amides is 2. The average molecular weight is 493 g/mol. The number of nitrogens with one attached hydrogen (secondary N) is 1. The van der Waals surface area contributed by atoms with Crippen molar-refractivity contribution in [3.05, 3.63) is 63.9 Å². The number of nitrogens with zero attached hydrogens (tertiary/aromatic N) is 1. The van der Waals surface area contributed by atoms with E-state index >= 15 is 0 Å². The van der Waals surface area contributed by atoms with Gasteiger partial charge in [-0.1, -0.05) is 32.0 Å². The monoisotopic (exact) mass is 492 g/mol. The van der Waals surface area contributed by atoms with Crippen LogP contribution in [0.5, 0.6) is 5.75 Å². The summed E-state index contributed by atoms with van der Waals surface area (Å²) in [6, 6.07) is 10.9. The third-order valence-corrected chi connectivity index (χ3v) is 5.46. The largest absolute Gasteiger partial charge is 0.483 e. The molecule has 2 rings (SSSR count). The lowest BCUT2D eigenvalue weighted by Gasteiger charge is -2.31. The molecule has 0 fully saturated rings. The van der Waals surface area contributed by atoms with Gasteiger partial charge in [-0.2, -0.15) is 0 Å². The molecular formula is C24H30BrFN2O3. The molecule has 1 atom stereocenters. The van der Waals surface area contributed by atoms with E-state index in [-0.39, 0.29) is 36.8 Å². The van der Waals surface area contributed by atoms with Gasteiger partial charge < -0.3 is 15.0 Å². The lowest BCUT2D eigenvalue weighted by Crippen LogP contribution is -2.51. The maximum atomic E-state index is 13.3. The smallest absolute Gasteiger partial charge is 0.261 e. The number of carbonyl (C=O) groups excluding carboxylic acids is 2. The van der Waals surface area contributed by atoms with Crippen LogP contribution in [-0.4, -0.2) is 35.4 Å². The minimum atomic E-state index is -0.658. The van der Waals surface area contributed by atoms with Crippen LogP contribution in [0.25, 0.3) is 0 Å². The predicted molar refractivity (Wildman–Crippen MR) is 123 cm³/mol. The Morgan fingerprint density at radius 2 is 1.74 bits per heavy atom. The van der Waals surface area contributed by atoms with Crippen molar-refractivity contribution in [3.8, 4) is 5.75 Å². The Morgan fingerprint density at radius 1 is 1.10 bits per heavy atom. The summed E-state index contributed by atoms with van der Waals surface area (Å²) in [6.45, 7) is 7.64. The van der Waals surface area contributed by atoms with Crippen molar-refractivity contribution in [2.24, 2.45) is 0 Å². The van der Waals surface area contributed by atoms with Crippen LogP contribution in [0, 0.1) is 5.82 Å². The van der Waals surface area contributed by atoms with Crippen LogP contribution in [0.15, 0.2) is 46.9 Å². The molecule has 5 nitrogen and oxygen atoms in total. The molecule has 7 heteroatoms. The molecule has 2 aromatic rings. The molecule has 0 aromatic heterocycles.